The van der Waals surface area contributed by atoms with E-state index in [0.29, 0.717) is 0 Å². The Labute approximate surface area is 152 Å². The van der Waals surface area contributed by atoms with Gasteiger partial charge in [-0.1, -0.05) is 49.8 Å². The molecule has 0 aliphatic heterocycles. The minimum absolute atomic E-state index is 0.807. The molecule has 0 bridgehead atoms. The fourth-order valence-corrected chi connectivity index (χ4v) is 3.69. The predicted molar refractivity (Wildman–Crippen MR) is 107 cm³/mol. The van der Waals surface area contributed by atoms with Gasteiger partial charge in [0.1, 0.15) is 5.75 Å². The SMILES string of the molecule is C=CCCC1CCc2cc(-c3ccc(OCCCC)cc3)ccc2C1. The zero-order valence-corrected chi connectivity index (χ0v) is 15.5. The lowest BCUT2D eigenvalue weighted by molar-refractivity contribution is 0.309. The number of fused-ring (bicyclic) bond motifs is 1. The summed E-state index contributed by atoms with van der Waals surface area (Å²) >= 11 is 0. The van der Waals surface area contributed by atoms with Gasteiger partial charge < -0.3 is 4.74 Å². The number of hydrogen-bond donors (Lipinski definition) is 0. The van der Waals surface area contributed by atoms with E-state index in [0.717, 1.165) is 31.1 Å². The molecule has 0 spiro atoms. The lowest BCUT2D eigenvalue weighted by atomic mass is 9.80. The molecule has 1 atom stereocenters. The van der Waals surface area contributed by atoms with E-state index >= 15 is 0 Å². The molecule has 132 valence electrons. The number of rotatable bonds is 8. The van der Waals surface area contributed by atoms with Crippen LogP contribution in [0.15, 0.2) is 55.1 Å². The van der Waals surface area contributed by atoms with Gasteiger partial charge in [-0.3, -0.25) is 0 Å². The molecule has 0 fully saturated rings. The molecule has 1 nitrogen and oxygen atoms in total. The quantitative estimate of drug-likeness (QED) is 0.390. The first kappa shape index (κ1) is 17.8. The third-order valence-corrected chi connectivity index (χ3v) is 5.27. The van der Waals surface area contributed by atoms with Crippen LogP contribution in [0, 0.1) is 5.92 Å². The highest BCUT2D eigenvalue weighted by Crippen LogP contribution is 2.32. The molecule has 0 N–H and O–H groups in total. The van der Waals surface area contributed by atoms with E-state index < -0.39 is 0 Å². The number of benzene rings is 2. The Morgan fingerprint density at radius 2 is 1.88 bits per heavy atom. The molecule has 0 radical (unpaired) electrons. The molecule has 2 aromatic rings. The van der Waals surface area contributed by atoms with Gasteiger partial charge in [0.05, 0.1) is 6.61 Å². The summed E-state index contributed by atoms with van der Waals surface area (Å²) in [5, 5.41) is 0. The molecule has 1 aliphatic rings. The Morgan fingerprint density at radius 3 is 2.64 bits per heavy atom. The topological polar surface area (TPSA) is 9.23 Å². The zero-order chi connectivity index (χ0) is 17.5. The average molecular weight is 335 g/mol. The molecule has 0 saturated carbocycles. The van der Waals surface area contributed by atoms with Gasteiger partial charge in [-0.25, -0.2) is 0 Å². The van der Waals surface area contributed by atoms with Crippen LogP contribution in [0.1, 0.15) is 50.2 Å². The first-order valence-corrected chi connectivity index (χ1v) is 9.76. The Kier molecular flexibility index (Phi) is 6.33. The van der Waals surface area contributed by atoms with Crippen molar-refractivity contribution in [3.8, 4) is 16.9 Å². The number of hydrogen-bond acceptors (Lipinski definition) is 1. The van der Waals surface area contributed by atoms with Crippen LogP contribution in [0.3, 0.4) is 0 Å². The highest BCUT2D eigenvalue weighted by atomic mass is 16.5. The second-order valence-electron chi connectivity index (χ2n) is 7.18. The summed E-state index contributed by atoms with van der Waals surface area (Å²) in [5.41, 5.74) is 5.68. The minimum atomic E-state index is 0.807. The minimum Gasteiger partial charge on any atom is -0.494 e. The molecule has 0 saturated heterocycles. The van der Waals surface area contributed by atoms with Crippen LogP contribution in [0.2, 0.25) is 0 Å². The van der Waals surface area contributed by atoms with Gasteiger partial charge in [-0.15, -0.1) is 6.58 Å². The van der Waals surface area contributed by atoms with Crippen molar-refractivity contribution in [1.29, 1.82) is 0 Å². The smallest absolute Gasteiger partial charge is 0.119 e. The van der Waals surface area contributed by atoms with Crippen molar-refractivity contribution in [3.05, 3.63) is 66.2 Å². The molecule has 1 aliphatic carbocycles. The number of aryl methyl sites for hydroxylation is 1. The van der Waals surface area contributed by atoms with Crippen LogP contribution in [-0.4, -0.2) is 6.61 Å². The van der Waals surface area contributed by atoms with Crippen molar-refractivity contribution in [2.75, 3.05) is 6.61 Å². The first-order chi connectivity index (χ1) is 12.3. The van der Waals surface area contributed by atoms with Crippen molar-refractivity contribution in [2.45, 2.75) is 51.9 Å². The molecule has 0 heterocycles. The highest BCUT2D eigenvalue weighted by Gasteiger charge is 2.18. The van der Waals surface area contributed by atoms with Crippen LogP contribution < -0.4 is 4.74 Å². The van der Waals surface area contributed by atoms with Crippen molar-refractivity contribution in [3.63, 3.8) is 0 Å². The third-order valence-electron chi connectivity index (χ3n) is 5.27. The van der Waals surface area contributed by atoms with E-state index in [9.17, 15) is 0 Å². The summed E-state index contributed by atoms with van der Waals surface area (Å²) in [4.78, 5) is 0. The van der Waals surface area contributed by atoms with Crippen LogP contribution >= 0.6 is 0 Å². The van der Waals surface area contributed by atoms with Gasteiger partial charge in [0.2, 0.25) is 0 Å². The predicted octanol–water partition coefficient (Wildman–Crippen LogP) is 6.60. The van der Waals surface area contributed by atoms with Crippen molar-refractivity contribution >= 4 is 0 Å². The fraction of sp³-hybridized carbons (Fsp3) is 0.417. The maximum Gasteiger partial charge on any atom is 0.119 e. The summed E-state index contributed by atoms with van der Waals surface area (Å²) in [6.45, 7) is 6.84. The maximum absolute atomic E-state index is 5.76. The van der Waals surface area contributed by atoms with E-state index in [1.807, 2.05) is 6.08 Å². The van der Waals surface area contributed by atoms with Gasteiger partial charge in [0, 0.05) is 0 Å². The fourth-order valence-electron chi connectivity index (χ4n) is 3.69. The molecule has 0 aromatic heterocycles. The normalized spacial score (nSPS) is 16.3. The Hall–Kier alpha value is -2.02. The molecule has 2 aromatic carbocycles. The highest BCUT2D eigenvalue weighted by molar-refractivity contribution is 5.65. The molecule has 1 unspecified atom stereocenters. The second kappa shape index (κ2) is 8.89. The van der Waals surface area contributed by atoms with Crippen LogP contribution in [0.25, 0.3) is 11.1 Å². The second-order valence-corrected chi connectivity index (χ2v) is 7.18. The van der Waals surface area contributed by atoms with Crippen molar-refractivity contribution in [1.82, 2.24) is 0 Å². The number of allylic oxidation sites excluding steroid dienone is 1. The third kappa shape index (κ3) is 4.75. The van der Waals surface area contributed by atoms with E-state index in [-0.39, 0.29) is 0 Å². The van der Waals surface area contributed by atoms with Gasteiger partial charge in [0.25, 0.3) is 0 Å². The van der Waals surface area contributed by atoms with Crippen LogP contribution in [0.4, 0.5) is 0 Å². The lowest BCUT2D eigenvalue weighted by Crippen LogP contribution is -2.14. The van der Waals surface area contributed by atoms with Gasteiger partial charge in [-0.2, -0.15) is 0 Å². The van der Waals surface area contributed by atoms with E-state index in [4.69, 9.17) is 4.74 Å². The molecule has 0 amide bonds. The average Bonchev–Trinajstić information content (AvgIpc) is 2.66. The summed E-state index contributed by atoms with van der Waals surface area (Å²) in [5.74, 6) is 1.80. The Morgan fingerprint density at radius 1 is 1.08 bits per heavy atom. The van der Waals surface area contributed by atoms with E-state index in [1.54, 1.807) is 5.56 Å². The molecular weight excluding hydrogens is 304 g/mol. The number of unbranched alkanes of at least 4 members (excludes halogenated alkanes) is 1. The standard InChI is InChI=1S/C24H30O/c1-3-5-7-19-8-9-23-18-22(11-10-21(23)17-19)20-12-14-24(15-13-20)25-16-6-4-2/h3,10-15,18-19H,1,4-9,16-17H2,2H3. The van der Waals surface area contributed by atoms with Gasteiger partial charge in [0.15, 0.2) is 0 Å². The monoisotopic (exact) mass is 334 g/mol. The van der Waals surface area contributed by atoms with Crippen LogP contribution in [-0.2, 0) is 12.8 Å². The van der Waals surface area contributed by atoms with Crippen molar-refractivity contribution < 1.29 is 4.74 Å². The zero-order valence-electron chi connectivity index (χ0n) is 15.5. The Balaban J connectivity index is 1.67. The summed E-state index contributed by atoms with van der Waals surface area (Å²) in [7, 11) is 0. The molecule has 1 heteroatoms. The first-order valence-electron chi connectivity index (χ1n) is 9.76. The Bertz CT molecular complexity index is 684. The van der Waals surface area contributed by atoms with Crippen molar-refractivity contribution in [2.24, 2.45) is 5.92 Å². The van der Waals surface area contributed by atoms with E-state index in [1.165, 1.54) is 48.8 Å². The van der Waals surface area contributed by atoms with Crippen LogP contribution in [0.5, 0.6) is 5.75 Å². The van der Waals surface area contributed by atoms with E-state index in [2.05, 4.69) is 56.0 Å². The molecule has 25 heavy (non-hydrogen) atoms. The summed E-state index contributed by atoms with van der Waals surface area (Å²) < 4.78 is 5.76. The largest absolute Gasteiger partial charge is 0.494 e. The maximum atomic E-state index is 5.76. The molecule has 3 rings (SSSR count). The summed E-state index contributed by atoms with van der Waals surface area (Å²) in [6.07, 6.45) is 10.5. The molecular formula is C24H30O. The summed E-state index contributed by atoms with van der Waals surface area (Å²) in [6, 6.07) is 15.6. The van der Waals surface area contributed by atoms with Gasteiger partial charge in [-0.05, 0) is 78.8 Å². The number of ether oxygens (including phenoxy) is 1. The lowest BCUT2D eigenvalue weighted by Gasteiger charge is -2.25. The van der Waals surface area contributed by atoms with Gasteiger partial charge >= 0.3 is 0 Å².